The molecule has 0 amide bonds. The largest absolute Gasteiger partial charge is 0.486 e. The molecule has 1 aliphatic heterocycles. The second-order valence-electron chi connectivity index (χ2n) is 3.49. The molecule has 0 radical (unpaired) electrons. The van der Waals surface area contributed by atoms with Gasteiger partial charge in [-0.15, -0.1) is 0 Å². The molecule has 94 valence electrons. The number of nitro benzene ring substituents is 1. The molecule has 0 fully saturated rings. The van der Waals surface area contributed by atoms with Gasteiger partial charge < -0.3 is 14.6 Å². The molecular formula is C11H9NO6. The monoisotopic (exact) mass is 251 g/mol. The molecule has 0 spiro atoms. The van der Waals surface area contributed by atoms with Gasteiger partial charge in [-0.05, 0) is 17.7 Å². The highest BCUT2D eigenvalue weighted by Crippen LogP contribution is 2.40. The standard InChI is InChI=1S/C11H9NO6/c13-10(14)2-1-7-5-8(12(15)16)11-9(6-7)17-3-4-18-11/h1-2,5-6H,3-4H2,(H,13,14)/b2-1+. The van der Waals surface area contributed by atoms with Gasteiger partial charge in [-0.1, -0.05) is 0 Å². The van der Waals surface area contributed by atoms with Crippen molar-refractivity contribution in [2.45, 2.75) is 0 Å². The number of nitrogens with zero attached hydrogens (tertiary/aromatic N) is 1. The number of nitro groups is 1. The molecule has 1 aliphatic rings. The highest BCUT2D eigenvalue weighted by atomic mass is 16.6. The normalized spacial score (nSPS) is 13.6. The van der Waals surface area contributed by atoms with E-state index in [9.17, 15) is 14.9 Å². The van der Waals surface area contributed by atoms with Gasteiger partial charge in [0.2, 0.25) is 5.75 Å². The van der Waals surface area contributed by atoms with E-state index in [1.165, 1.54) is 18.2 Å². The van der Waals surface area contributed by atoms with Crippen LogP contribution in [-0.2, 0) is 4.79 Å². The molecule has 18 heavy (non-hydrogen) atoms. The molecule has 2 rings (SSSR count). The first-order chi connectivity index (χ1) is 8.58. The highest BCUT2D eigenvalue weighted by molar-refractivity contribution is 5.85. The second kappa shape index (κ2) is 4.74. The molecule has 0 saturated heterocycles. The maximum atomic E-state index is 10.9. The van der Waals surface area contributed by atoms with E-state index in [1.807, 2.05) is 0 Å². The Morgan fingerprint density at radius 2 is 2.11 bits per heavy atom. The fourth-order valence-corrected chi connectivity index (χ4v) is 1.56. The van der Waals surface area contributed by atoms with Crippen LogP contribution in [0.1, 0.15) is 5.56 Å². The zero-order valence-electron chi connectivity index (χ0n) is 9.16. The number of aliphatic carboxylic acids is 1. The lowest BCUT2D eigenvalue weighted by atomic mass is 10.1. The summed E-state index contributed by atoms with van der Waals surface area (Å²) in [5.74, 6) is -0.799. The smallest absolute Gasteiger partial charge is 0.328 e. The van der Waals surface area contributed by atoms with Crippen LogP contribution >= 0.6 is 0 Å². The van der Waals surface area contributed by atoms with Gasteiger partial charge >= 0.3 is 11.7 Å². The minimum Gasteiger partial charge on any atom is -0.486 e. The number of rotatable bonds is 3. The van der Waals surface area contributed by atoms with Crippen molar-refractivity contribution in [2.24, 2.45) is 0 Å². The summed E-state index contributed by atoms with van der Waals surface area (Å²) in [6.07, 6.45) is 2.16. The molecule has 1 heterocycles. The molecule has 0 aromatic heterocycles. The zero-order chi connectivity index (χ0) is 13.1. The van der Waals surface area contributed by atoms with Crippen LogP contribution in [0.4, 0.5) is 5.69 Å². The van der Waals surface area contributed by atoms with E-state index in [0.717, 1.165) is 6.08 Å². The average Bonchev–Trinajstić information content (AvgIpc) is 2.35. The van der Waals surface area contributed by atoms with Crippen molar-refractivity contribution in [2.75, 3.05) is 13.2 Å². The van der Waals surface area contributed by atoms with Crippen molar-refractivity contribution in [1.29, 1.82) is 0 Å². The molecule has 7 nitrogen and oxygen atoms in total. The Balaban J connectivity index is 2.47. The summed E-state index contributed by atoms with van der Waals surface area (Å²) in [5, 5.41) is 19.4. The fourth-order valence-electron chi connectivity index (χ4n) is 1.56. The first-order valence-electron chi connectivity index (χ1n) is 5.07. The van der Waals surface area contributed by atoms with Crippen LogP contribution in [0.2, 0.25) is 0 Å². The van der Waals surface area contributed by atoms with E-state index >= 15 is 0 Å². The van der Waals surface area contributed by atoms with E-state index < -0.39 is 10.9 Å². The van der Waals surface area contributed by atoms with Gasteiger partial charge in [0, 0.05) is 12.1 Å². The van der Waals surface area contributed by atoms with E-state index in [0.29, 0.717) is 12.2 Å². The predicted octanol–water partition coefficient (Wildman–Crippen LogP) is 1.46. The van der Waals surface area contributed by atoms with Gasteiger partial charge in [0.1, 0.15) is 13.2 Å². The minimum absolute atomic E-state index is 0.0822. The van der Waals surface area contributed by atoms with Gasteiger partial charge in [0.25, 0.3) is 0 Å². The third-order valence-corrected chi connectivity index (χ3v) is 2.26. The van der Waals surface area contributed by atoms with Crippen LogP contribution in [0.15, 0.2) is 18.2 Å². The lowest BCUT2D eigenvalue weighted by Crippen LogP contribution is -2.16. The van der Waals surface area contributed by atoms with E-state index in [-0.39, 0.29) is 23.8 Å². The number of hydrogen-bond donors (Lipinski definition) is 1. The van der Waals surface area contributed by atoms with E-state index in [4.69, 9.17) is 14.6 Å². The van der Waals surface area contributed by atoms with Crippen molar-refractivity contribution in [1.82, 2.24) is 0 Å². The molecule has 1 aromatic rings. The summed E-state index contributed by atoms with van der Waals surface area (Å²) in [7, 11) is 0. The Morgan fingerprint density at radius 3 is 2.78 bits per heavy atom. The molecule has 0 bridgehead atoms. The van der Waals surface area contributed by atoms with Crippen molar-refractivity contribution in [3.05, 3.63) is 33.9 Å². The lowest BCUT2D eigenvalue weighted by molar-refractivity contribution is -0.386. The summed E-state index contributed by atoms with van der Waals surface area (Å²) in [6.45, 7) is 0.550. The molecule has 1 aromatic carbocycles. The second-order valence-corrected chi connectivity index (χ2v) is 3.49. The predicted molar refractivity (Wildman–Crippen MR) is 60.8 cm³/mol. The Hall–Kier alpha value is -2.57. The molecule has 0 saturated carbocycles. The molecular weight excluding hydrogens is 242 g/mol. The topological polar surface area (TPSA) is 98.9 Å². The lowest BCUT2D eigenvalue weighted by Gasteiger charge is -2.18. The number of carboxylic acid groups (broad SMARTS) is 1. The number of hydrogen-bond acceptors (Lipinski definition) is 5. The summed E-state index contributed by atoms with van der Waals surface area (Å²) >= 11 is 0. The molecule has 7 heteroatoms. The number of carboxylic acids is 1. The first-order valence-corrected chi connectivity index (χ1v) is 5.07. The molecule has 0 aliphatic carbocycles. The van der Waals surface area contributed by atoms with Crippen LogP contribution in [0.3, 0.4) is 0 Å². The SMILES string of the molecule is O=C(O)/C=C/c1cc2c(c([N+](=O)[O-])c1)OCCO2. The summed E-state index contributed by atoms with van der Waals surface area (Å²) in [4.78, 5) is 20.7. The maximum absolute atomic E-state index is 10.9. The Labute approximate surface area is 101 Å². The Kier molecular flexibility index (Phi) is 3.13. The molecule has 0 atom stereocenters. The Morgan fingerprint density at radius 1 is 1.39 bits per heavy atom. The van der Waals surface area contributed by atoms with Gasteiger partial charge in [-0.25, -0.2) is 4.79 Å². The highest BCUT2D eigenvalue weighted by Gasteiger charge is 2.24. The number of fused-ring (bicyclic) bond motifs is 1. The summed E-state index contributed by atoms with van der Waals surface area (Å²) in [6, 6.07) is 2.74. The summed E-state index contributed by atoms with van der Waals surface area (Å²) in [5.41, 5.74) is 0.130. The first kappa shape index (κ1) is 11.9. The minimum atomic E-state index is -1.13. The maximum Gasteiger partial charge on any atom is 0.328 e. The van der Waals surface area contributed by atoms with Crippen molar-refractivity contribution < 1.29 is 24.3 Å². The quantitative estimate of drug-likeness (QED) is 0.496. The van der Waals surface area contributed by atoms with Crippen molar-refractivity contribution in [3.63, 3.8) is 0 Å². The van der Waals surface area contributed by atoms with Crippen molar-refractivity contribution >= 4 is 17.7 Å². The van der Waals surface area contributed by atoms with Gasteiger partial charge in [-0.3, -0.25) is 10.1 Å². The van der Waals surface area contributed by atoms with E-state index in [1.54, 1.807) is 0 Å². The van der Waals surface area contributed by atoms with Crippen LogP contribution in [-0.4, -0.2) is 29.2 Å². The third-order valence-electron chi connectivity index (χ3n) is 2.26. The van der Waals surface area contributed by atoms with Crippen LogP contribution in [0.25, 0.3) is 6.08 Å². The van der Waals surface area contributed by atoms with Gasteiger partial charge in [-0.2, -0.15) is 0 Å². The van der Waals surface area contributed by atoms with Crippen LogP contribution in [0, 0.1) is 10.1 Å². The number of benzene rings is 1. The average molecular weight is 251 g/mol. The summed E-state index contributed by atoms with van der Waals surface area (Å²) < 4.78 is 10.4. The van der Waals surface area contributed by atoms with Gasteiger partial charge in [0.15, 0.2) is 5.75 Å². The van der Waals surface area contributed by atoms with Crippen molar-refractivity contribution in [3.8, 4) is 11.5 Å². The molecule has 1 N–H and O–H groups in total. The van der Waals surface area contributed by atoms with E-state index in [2.05, 4.69) is 0 Å². The Bertz CT molecular complexity index is 537. The number of ether oxygens (including phenoxy) is 2. The van der Waals surface area contributed by atoms with Gasteiger partial charge in [0.05, 0.1) is 4.92 Å². The zero-order valence-corrected chi connectivity index (χ0v) is 9.16. The van der Waals surface area contributed by atoms with Crippen LogP contribution in [0.5, 0.6) is 11.5 Å². The fraction of sp³-hybridized carbons (Fsp3) is 0.182. The molecule has 0 unspecified atom stereocenters. The number of carbonyl (C=O) groups is 1. The third kappa shape index (κ3) is 2.40. The van der Waals surface area contributed by atoms with Crippen LogP contribution < -0.4 is 9.47 Å².